The Kier molecular flexibility index (Phi) is 4.83. The predicted octanol–water partition coefficient (Wildman–Crippen LogP) is 3.38. The van der Waals surface area contributed by atoms with Crippen LogP contribution in [0.15, 0.2) is 24.3 Å². The van der Waals surface area contributed by atoms with E-state index in [9.17, 15) is 14.7 Å². The number of carboxylic acid groups (broad SMARTS) is 1. The Balaban J connectivity index is 2.02. The van der Waals surface area contributed by atoms with Crippen LogP contribution in [0.5, 0.6) is 0 Å². The van der Waals surface area contributed by atoms with Crippen LogP contribution in [0.2, 0.25) is 0 Å². The first kappa shape index (κ1) is 17.5. The molecule has 4 heteroatoms. The van der Waals surface area contributed by atoms with Crippen molar-refractivity contribution in [1.82, 2.24) is 4.90 Å². The number of hydrogen-bond acceptors (Lipinski definition) is 2. The molecule has 0 spiro atoms. The van der Waals surface area contributed by atoms with Gasteiger partial charge in [-0.2, -0.15) is 0 Å². The Labute approximate surface area is 138 Å². The van der Waals surface area contributed by atoms with Crippen LogP contribution in [-0.2, 0) is 15.0 Å². The molecule has 126 valence electrons. The second-order valence-electron chi connectivity index (χ2n) is 7.62. The quantitative estimate of drug-likeness (QED) is 0.875. The summed E-state index contributed by atoms with van der Waals surface area (Å²) in [5.74, 6) is -0.907. The van der Waals surface area contributed by atoms with Crippen LogP contribution in [-0.4, -0.2) is 35.5 Å². The Bertz CT molecular complexity index is 585. The first-order valence-corrected chi connectivity index (χ1v) is 8.21. The van der Waals surface area contributed by atoms with Gasteiger partial charge in [-0.1, -0.05) is 50.1 Å². The van der Waals surface area contributed by atoms with Crippen molar-refractivity contribution in [1.29, 1.82) is 0 Å². The van der Waals surface area contributed by atoms with Crippen LogP contribution >= 0.6 is 0 Å². The second-order valence-corrected chi connectivity index (χ2v) is 7.62. The van der Waals surface area contributed by atoms with Crippen molar-refractivity contribution in [2.75, 3.05) is 13.6 Å². The Morgan fingerprint density at radius 1 is 1.22 bits per heavy atom. The van der Waals surface area contributed by atoms with Gasteiger partial charge in [-0.15, -0.1) is 0 Å². The van der Waals surface area contributed by atoms with Crippen LogP contribution in [0.4, 0.5) is 0 Å². The molecule has 1 amide bonds. The molecule has 4 nitrogen and oxygen atoms in total. The summed E-state index contributed by atoms with van der Waals surface area (Å²) < 4.78 is 0. The minimum Gasteiger partial charge on any atom is -0.481 e. The number of rotatable bonds is 6. The van der Waals surface area contributed by atoms with E-state index in [0.29, 0.717) is 19.4 Å². The third-order valence-corrected chi connectivity index (χ3v) is 5.15. The first-order valence-electron chi connectivity index (χ1n) is 8.21. The number of aryl methyl sites for hydroxylation is 1. The van der Waals surface area contributed by atoms with Gasteiger partial charge >= 0.3 is 5.97 Å². The van der Waals surface area contributed by atoms with Crippen molar-refractivity contribution in [3.63, 3.8) is 0 Å². The van der Waals surface area contributed by atoms with Gasteiger partial charge in [0.15, 0.2) is 0 Å². The number of likely N-dealkylation sites (N-methyl/N-ethyl adjacent to an activating group) is 1. The summed E-state index contributed by atoms with van der Waals surface area (Å²) in [7, 11) is 1.77. The van der Waals surface area contributed by atoms with Crippen molar-refractivity contribution < 1.29 is 14.7 Å². The average molecular weight is 317 g/mol. The highest BCUT2D eigenvalue weighted by atomic mass is 16.4. The molecule has 0 aliphatic heterocycles. The number of hydrogen-bond donors (Lipinski definition) is 1. The number of amides is 1. The van der Waals surface area contributed by atoms with Crippen molar-refractivity contribution >= 4 is 11.9 Å². The number of aliphatic carboxylic acids is 1. The van der Waals surface area contributed by atoms with Gasteiger partial charge in [0.2, 0.25) is 5.91 Å². The van der Waals surface area contributed by atoms with E-state index in [0.717, 1.165) is 6.42 Å². The fourth-order valence-electron chi connectivity index (χ4n) is 3.27. The Hall–Kier alpha value is -1.84. The molecule has 1 aliphatic carbocycles. The van der Waals surface area contributed by atoms with Gasteiger partial charge in [-0.05, 0) is 25.3 Å². The maximum atomic E-state index is 12.5. The number of carbonyl (C=O) groups is 2. The van der Waals surface area contributed by atoms with Crippen molar-refractivity contribution in [2.45, 2.75) is 51.9 Å². The fraction of sp³-hybridized carbons (Fsp3) is 0.579. The maximum Gasteiger partial charge on any atom is 0.310 e. The summed E-state index contributed by atoms with van der Waals surface area (Å²) in [6.45, 7) is 6.84. The minimum absolute atomic E-state index is 0.0766. The SMILES string of the molecule is Cc1ccc(C(C)(C)CN(C)C(=O)CC2(C(=O)O)CCC2)cc1. The van der Waals surface area contributed by atoms with E-state index in [2.05, 4.69) is 45.0 Å². The summed E-state index contributed by atoms with van der Waals surface area (Å²) in [5, 5.41) is 9.38. The van der Waals surface area contributed by atoms with Gasteiger partial charge in [0.05, 0.1) is 5.41 Å². The monoisotopic (exact) mass is 317 g/mol. The molecule has 23 heavy (non-hydrogen) atoms. The van der Waals surface area contributed by atoms with E-state index in [1.165, 1.54) is 11.1 Å². The number of carboxylic acids is 1. The number of carbonyl (C=O) groups excluding carboxylic acids is 1. The second kappa shape index (κ2) is 6.34. The minimum atomic E-state index is -0.830. The van der Waals surface area contributed by atoms with E-state index < -0.39 is 11.4 Å². The zero-order valence-corrected chi connectivity index (χ0v) is 14.6. The molecule has 0 heterocycles. The lowest BCUT2D eigenvalue weighted by Gasteiger charge is -2.39. The molecule has 1 fully saturated rings. The molecule has 0 radical (unpaired) electrons. The predicted molar refractivity (Wildman–Crippen MR) is 90.4 cm³/mol. The normalized spacial score (nSPS) is 16.5. The van der Waals surface area contributed by atoms with Crippen LogP contribution in [0.25, 0.3) is 0 Å². The largest absolute Gasteiger partial charge is 0.481 e. The average Bonchev–Trinajstić information content (AvgIpc) is 2.42. The molecule has 0 bridgehead atoms. The van der Waals surface area contributed by atoms with Gasteiger partial charge in [0.25, 0.3) is 0 Å². The lowest BCUT2D eigenvalue weighted by Crippen LogP contribution is -2.45. The summed E-state index contributed by atoms with van der Waals surface area (Å²) in [5.41, 5.74) is 1.40. The molecular formula is C19H27NO3. The van der Waals surface area contributed by atoms with Crippen molar-refractivity contribution in [2.24, 2.45) is 5.41 Å². The zero-order chi connectivity index (χ0) is 17.3. The molecule has 1 N–H and O–H groups in total. The molecule has 1 aliphatic rings. The smallest absolute Gasteiger partial charge is 0.310 e. The molecule has 0 atom stereocenters. The van der Waals surface area contributed by atoms with E-state index >= 15 is 0 Å². The van der Waals surface area contributed by atoms with E-state index in [1.807, 2.05) is 0 Å². The molecule has 0 saturated heterocycles. The molecule has 2 rings (SSSR count). The molecular weight excluding hydrogens is 290 g/mol. The summed E-state index contributed by atoms with van der Waals surface area (Å²) in [6, 6.07) is 8.34. The van der Waals surface area contributed by atoms with Gasteiger partial charge in [0, 0.05) is 25.4 Å². The van der Waals surface area contributed by atoms with Crippen LogP contribution < -0.4 is 0 Å². The highest BCUT2D eigenvalue weighted by Crippen LogP contribution is 2.44. The highest BCUT2D eigenvalue weighted by Gasteiger charge is 2.46. The van der Waals surface area contributed by atoms with Gasteiger partial charge < -0.3 is 10.0 Å². The molecule has 1 saturated carbocycles. The molecule has 0 unspecified atom stereocenters. The molecule has 1 aromatic rings. The fourth-order valence-corrected chi connectivity index (χ4v) is 3.27. The van der Waals surface area contributed by atoms with Crippen LogP contribution in [0.1, 0.15) is 50.7 Å². The zero-order valence-electron chi connectivity index (χ0n) is 14.6. The topological polar surface area (TPSA) is 57.6 Å². The summed E-state index contributed by atoms with van der Waals surface area (Å²) in [4.78, 5) is 25.6. The number of benzene rings is 1. The Morgan fingerprint density at radius 2 is 1.78 bits per heavy atom. The summed E-state index contributed by atoms with van der Waals surface area (Å²) >= 11 is 0. The highest BCUT2D eigenvalue weighted by molar-refractivity contribution is 5.85. The van der Waals surface area contributed by atoms with Crippen LogP contribution in [0, 0.1) is 12.3 Å². The van der Waals surface area contributed by atoms with Gasteiger partial charge in [-0.25, -0.2) is 0 Å². The third kappa shape index (κ3) is 3.74. The summed E-state index contributed by atoms with van der Waals surface area (Å²) in [6.07, 6.45) is 2.24. The van der Waals surface area contributed by atoms with E-state index in [4.69, 9.17) is 0 Å². The standard InChI is InChI=1S/C19H27NO3/c1-14-6-8-15(9-7-14)18(2,3)13-20(4)16(21)12-19(17(22)23)10-5-11-19/h6-9H,5,10-13H2,1-4H3,(H,22,23). The number of nitrogens with zero attached hydrogens (tertiary/aromatic N) is 1. The first-order chi connectivity index (χ1) is 10.7. The maximum absolute atomic E-state index is 12.5. The van der Waals surface area contributed by atoms with Crippen molar-refractivity contribution in [3.8, 4) is 0 Å². The third-order valence-electron chi connectivity index (χ3n) is 5.15. The van der Waals surface area contributed by atoms with Gasteiger partial charge in [0.1, 0.15) is 0 Å². The molecule has 0 aromatic heterocycles. The van der Waals surface area contributed by atoms with Gasteiger partial charge in [-0.3, -0.25) is 9.59 Å². The lowest BCUT2D eigenvalue weighted by atomic mass is 9.66. The van der Waals surface area contributed by atoms with E-state index in [1.54, 1.807) is 11.9 Å². The lowest BCUT2D eigenvalue weighted by molar-refractivity contribution is -0.159. The Morgan fingerprint density at radius 3 is 2.22 bits per heavy atom. The van der Waals surface area contributed by atoms with Crippen LogP contribution in [0.3, 0.4) is 0 Å². The molecule has 1 aromatic carbocycles. The van der Waals surface area contributed by atoms with E-state index in [-0.39, 0.29) is 17.7 Å². The van der Waals surface area contributed by atoms with Crippen molar-refractivity contribution in [3.05, 3.63) is 35.4 Å².